The molecule has 1 saturated carbocycles. The first-order chi connectivity index (χ1) is 8.72. The summed E-state index contributed by atoms with van der Waals surface area (Å²) in [4.78, 5) is 6.53. The summed E-state index contributed by atoms with van der Waals surface area (Å²) in [5, 5.41) is 3.73. The molecule has 1 heterocycles. The van der Waals surface area contributed by atoms with Gasteiger partial charge in [-0.25, -0.2) is 4.98 Å². The van der Waals surface area contributed by atoms with Crippen molar-refractivity contribution in [1.29, 1.82) is 0 Å². The molecule has 1 aliphatic rings. The Hall–Kier alpha value is -1.25. The second-order valence-corrected chi connectivity index (χ2v) is 5.47. The first kappa shape index (κ1) is 13.2. The minimum atomic E-state index is 0.617. The molecule has 3 nitrogen and oxygen atoms in total. The lowest BCUT2D eigenvalue weighted by molar-refractivity contribution is 0.317. The van der Waals surface area contributed by atoms with Gasteiger partial charge in [0.25, 0.3) is 0 Å². The molecule has 1 aliphatic carbocycles. The summed E-state index contributed by atoms with van der Waals surface area (Å²) in [6.07, 6.45) is 8.54. The number of anilines is 2. The average Bonchev–Trinajstić information content (AvgIpc) is 2.40. The quantitative estimate of drug-likeness (QED) is 0.882. The fraction of sp³-hybridized carbons (Fsp3) is 0.667. The smallest absolute Gasteiger partial charge is 0.151 e. The summed E-state index contributed by atoms with van der Waals surface area (Å²) in [5.74, 6) is 1.85. The summed E-state index contributed by atoms with van der Waals surface area (Å²) in [6.45, 7) is 2.31. The van der Waals surface area contributed by atoms with Crippen LogP contribution in [0.1, 0.15) is 39.0 Å². The van der Waals surface area contributed by atoms with Crippen molar-refractivity contribution < 1.29 is 0 Å². The Morgan fingerprint density at radius 3 is 2.83 bits per heavy atom. The Bertz CT molecular complexity index is 376. The third-order valence-electron chi connectivity index (χ3n) is 3.98. The van der Waals surface area contributed by atoms with Crippen LogP contribution in [-0.4, -0.2) is 25.1 Å². The van der Waals surface area contributed by atoms with Crippen molar-refractivity contribution >= 4 is 11.5 Å². The number of pyridine rings is 1. The summed E-state index contributed by atoms with van der Waals surface area (Å²) < 4.78 is 0. The number of aromatic nitrogens is 1. The molecule has 0 spiro atoms. The van der Waals surface area contributed by atoms with Crippen LogP contribution in [0.5, 0.6) is 0 Å². The number of nitrogens with zero attached hydrogens (tertiary/aromatic N) is 2. The van der Waals surface area contributed by atoms with Crippen LogP contribution in [0.4, 0.5) is 11.5 Å². The molecule has 1 aromatic rings. The van der Waals surface area contributed by atoms with Gasteiger partial charge in [-0.1, -0.05) is 26.2 Å². The molecule has 1 aromatic heterocycles. The van der Waals surface area contributed by atoms with Crippen LogP contribution in [0.2, 0.25) is 0 Å². The van der Waals surface area contributed by atoms with Crippen molar-refractivity contribution in [2.24, 2.45) is 5.92 Å². The van der Waals surface area contributed by atoms with E-state index < -0.39 is 0 Å². The van der Waals surface area contributed by atoms with Crippen molar-refractivity contribution in [3.8, 4) is 0 Å². The monoisotopic (exact) mass is 247 g/mol. The highest BCUT2D eigenvalue weighted by molar-refractivity contribution is 5.65. The van der Waals surface area contributed by atoms with Crippen LogP contribution in [0.15, 0.2) is 18.3 Å². The summed E-state index contributed by atoms with van der Waals surface area (Å²) in [5.41, 5.74) is 1.17. The third-order valence-corrected chi connectivity index (χ3v) is 3.98. The fourth-order valence-electron chi connectivity index (χ4n) is 2.95. The molecule has 0 radical (unpaired) electrons. The number of hydrogen-bond acceptors (Lipinski definition) is 3. The topological polar surface area (TPSA) is 28.2 Å². The molecule has 0 bridgehead atoms. The van der Waals surface area contributed by atoms with Crippen molar-refractivity contribution in [3.05, 3.63) is 18.3 Å². The molecule has 2 rings (SSSR count). The second-order valence-electron chi connectivity index (χ2n) is 5.47. The maximum Gasteiger partial charge on any atom is 0.151 e. The number of hydrogen-bond donors (Lipinski definition) is 1. The molecule has 18 heavy (non-hydrogen) atoms. The van der Waals surface area contributed by atoms with Crippen molar-refractivity contribution in [2.75, 3.05) is 24.3 Å². The van der Waals surface area contributed by atoms with Gasteiger partial charge in [-0.3, -0.25) is 0 Å². The predicted octanol–water partition coefficient (Wildman–Crippen LogP) is 3.53. The van der Waals surface area contributed by atoms with Crippen molar-refractivity contribution in [1.82, 2.24) is 4.98 Å². The lowest BCUT2D eigenvalue weighted by Crippen LogP contribution is -2.32. The van der Waals surface area contributed by atoms with E-state index in [0.29, 0.717) is 6.04 Å². The van der Waals surface area contributed by atoms with E-state index in [1.807, 2.05) is 26.4 Å². The van der Waals surface area contributed by atoms with E-state index in [2.05, 4.69) is 28.2 Å². The van der Waals surface area contributed by atoms with E-state index in [1.54, 1.807) is 0 Å². The van der Waals surface area contributed by atoms with Gasteiger partial charge in [-0.05, 0) is 30.9 Å². The maximum absolute atomic E-state index is 4.46. The van der Waals surface area contributed by atoms with Gasteiger partial charge in [0.15, 0.2) is 5.82 Å². The molecule has 3 heteroatoms. The Morgan fingerprint density at radius 2 is 2.11 bits per heavy atom. The first-order valence-corrected chi connectivity index (χ1v) is 7.11. The molecule has 1 fully saturated rings. The SMILES string of the molecule is CCC1CCCCC1Nc1cccnc1N(C)C. The molecule has 0 amide bonds. The van der Waals surface area contributed by atoms with E-state index in [0.717, 1.165) is 11.7 Å². The largest absolute Gasteiger partial charge is 0.379 e. The van der Waals surface area contributed by atoms with E-state index in [-0.39, 0.29) is 0 Å². The number of rotatable bonds is 4. The normalized spacial score (nSPS) is 23.7. The Kier molecular flexibility index (Phi) is 4.45. The molecule has 100 valence electrons. The van der Waals surface area contributed by atoms with Crippen molar-refractivity contribution in [3.63, 3.8) is 0 Å². The zero-order valence-corrected chi connectivity index (χ0v) is 11.8. The lowest BCUT2D eigenvalue weighted by atomic mass is 9.83. The molecular formula is C15H25N3. The molecule has 2 atom stereocenters. The van der Waals surface area contributed by atoms with Crippen LogP contribution >= 0.6 is 0 Å². The highest BCUT2D eigenvalue weighted by Gasteiger charge is 2.24. The molecule has 0 aliphatic heterocycles. The van der Waals surface area contributed by atoms with Crippen LogP contribution in [0.3, 0.4) is 0 Å². The van der Waals surface area contributed by atoms with Gasteiger partial charge in [0.05, 0.1) is 5.69 Å². The van der Waals surface area contributed by atoms with E-state index in [1.165, 1.54) is 37.8 Å². The van der Waals surface area contributed by atoms with Gasteiger partial charge in [0, 0.05) is 26.3 Å². The highest BCUT2D eigenvalue weighted by Crippen LogP contribution is 2.31. The standard InChI is InChI=1S/C15H25N3/c1-4-12-8-5-6-9-13(12)17-14-10-7-11-16-15(14)18(2)3/h7,10-13,17H,4-6,8-9H2,1-3H3. The van der Waals surface area contributed by atoms with E-state index in [4.69, 9.17) is 0 Å². The minimum absolute atomic E-state index is 0.617. The van der Waals surface area contributed by atoms with Gasteiger partial charge < -0.3 is 10.2 Å². The summed E-state index contributed by atoms with van der Waals surface area (Å²) in [6, 6.07) is 4.77. The zero-order chi connectivity index (χ0) is 13.0. The molecule has 0 aromatic carbocycles. The van der Waals surface area contributed by atoms with E-state index in [9.17, 15) is 0 Å². The predicted molar refractivity (Wildman–Crippen MR) is 78.2 cm³/mol. The average molecular weight is 247 g/mol. The molecule has 2 unspecified atom stereocenters. The zero-order valence-electron chi connectivity index (χ0n) is 11.8. The van der Waals surface area contributed by atoms with Gasteiger partial charge in [-0.15, -0.1) is 0 Å². The van der Waals surface area contributed by atoms with Gasteiger partial charge >= 0.3 is 0 Å². The molecule has 0 saturated heterocycles. The first-order valence-electron chi connectivity index (χ1n) is 7.11. The third kappa shape index (κ3) is 2.95. The fourth-order valence-corrected chi connectivity index (χ4v) is 2.95. The second kappa shape index (κ2) is 6.07. The molecular weight excluding hydrogens is 222 g/mol. The lowest BCUT2D eigenvalue weighted by Gasteiger charge is -2.33. The Balaban J connectivity index is 2.12. The van der Waals surface area contributed by atoms with Gasteiger partial charge in [0.2, 0.25) is 0 Å². The Morgan fingerprint density at radius 1 is 1.33 bits per heavy atom. The van der Waals surface area contributed by atoms with Crippen LogP contribution in [0, 0.1) is 5.92 Å². The minimum Gasteiger partial charge on any atom is -0.379 e. The van der Waals surface area contributed by atoms with E-state index >= 15 is 0 Å². The summed E-state index contributed by atoms with van der Waals surface area (Å²) >= 11 is 0. The van der Waals surface area contributed by atoms with Gasteiger partial charge in [0.1, 0.15) is 0 Å². The Labute approximate surface area is 111 Å². The molecule has 1 N–H and O–H groups in total. The number of nitrogens with one attached hydrogen (secondary N) is 1. The van der Waals surface area contributed by atoms with Crippen LogP contribution in [-0.2, 0) is 0 Å². The maximum atomic E-state index is 4.46. The van der Waals surface area contributed by atoms with Crippen LogP contribution < -0.4 is 10.2 Å². The summed E-state index contributed by atoms with van der Waals surface area (Å²) in [7, 11) is 4.09. The highest BCUT2D eigenvalue weighted by atomic mass is 15.2. The van der Waals surface area contributed by atoms with Crippen molar-refractivity contribution in [2.45, 2.75) is 45.1 Å². The van der Waals surface area contributed by atoms with Crippen LogP contribution in [0.25, 0.3) is 0 Å². The van der Waals surface area contributed by atoms with Gasteiger partial charge in [-0.2, -0.15) is 0 Å².